The third-order valence-electron chi connectivity index (χ3n) is 3.91. The van der Waals surface area contributed by atoms with Gasteiger partial charge in [-0.05, 0) is 20.2 Å². The maximum atomic E-state index is 12.9. The Kier molecular flexibility index (Phi) is 7.69. The highest BCUT2D eigenvalue weighted by Crippen LogP contribution is 2.32. The van der Waals surface area contributed by atoms with Crippen molar-refractivity contribution in [3.8, 4) is 11.5 Å². The molecular formula is C18H23N6O6. The van der Waals surface area contributed by atoms with Crippen molar-refractivity contribution in [1.29, 1.82) is 0 Å². The smallest absolute Gasteiger partial charge is 0.409 e. The van der Waals surface area contributed by atoms with Crippen molar-refractivity contribution in [2.24, 2.45) is 0 Å². The van der Waals surface area contributed by atoms with Gasteiger partial charge in [0.05, 0.1) is 19.8 Å². The molecule has 3 N–H and O–H groups in total. The molecule has 0 unspecified atom stereocenters. The Hall–Kier alpha value is -3.67. The van der Waals surface area contributed by atoms with Crippen LogP contribution >= 0.6 is 0 Å². The second-order valence-corrected chi connectivity index (χ2v) is 6.29. The summed E-state index contributed by atoms with van der Waals surface area (Å²) in [6.07, 6.45) is 0.856. The number of carbonyl (C=O) groups excluding carboxylic acids is 3. The van der Waals surface area contributed by atoms with Gasteiger partial charge in [-0.15, -0.1) is 15.0 Å². The molecule has 161 valence electrons. The summed E-state index contributed by atoms with van der Waals surface area (Å²) in [5.74, 6) is -0.0589. The molecule has 0 fully saturated rings. The lowest BCUT2D eigenvalue weighted by atomic mass is 10.0. The number of anilines is 1. The van der Waals surface area contributed by atoms with E-state index in [1.54, 1.807) is 6.29 Å². The van der Waals surface area contributed by atoms with Gasteiger partial charge in [0.2, 0.25) is 12.5 Å². The van der Waals surface area contributed by atoms with E-state index in [4.69, 9.17) is 19.9 Å². The zero-order valence-electron chi connectivity index (χ0n) is 17.1. The molecule has 1 heterocycles. The van der Waals surface area contributed by atoms with Crippen LogP contribution in [0, 0.1) is 0 Å². The Labute approximate surface area is 172 Å². The molecule has 0 saturated carbocycles. The highest BCUT2D eigenvalue weighted by molar-refractivity contribution is 6.14. The fourth-order valence-electron chi connectivity index (χ4n) is 2.40. The van der Waals surface area contributed by atoms with Crippen molar-refractivity contribution in [3.63, 3.8) is 0 Å². The zero-order chi connectivity index (χ0) is 22.3. The molecule has 0 saturated heterocycles. The SMILES string of the molecule is COc1cc(N)c(C(=O)c2nn(COC(=O)NCCN(C)C)nc2[C]=O)cc1OC. The maximum Gasteiger partial charge on any atom is 0.409 e. The average molecular weight is 419 g/mol. The molecule has 2 rings (SSSR count). The largest absolute Gasteiger partial charge is 0.493 e. The van der Waals surface area contributed by atoms with Crippen LogP contribution in [-0.4, -0.2) is 79.5 Å². The van der Waals surface area contributed by atoms with Crippen molar-refractivity contribution in [2.75, 3.05) is 47.1 Å². The molecule has 1 radical (unpaired) electrons. The van der Waals surface area contributed by atoms with E-state index in [-0.39, 0.29) is 28.4 Å². The Balaban J connectivity index is 2.17. The number of likely N-dealkylation sites (N-methyl/N-ethyl adjacent to an activating group) is 1. The Morgan fingerprint density at radius 3 is 2.47 bits per heavy atom. The van der Waals surface area contributed by atoms with Gasteiger partial charge in [0.25, 0.3) is 6.29 Å². The van der Waals surface area contributed by atoms with Gasteiger partial charge in [0.1, 0.15) is 0 Å². The van der Waals surface area contributed by atoms with Crippen molar-refractivity contribution in [3.05, 3.63) is 29.1 Å². The highest BCUT2D eigenvalue weighted by atomic mass is 16.6. The molecule has 0 aliphatic carbocycles. The first-order valence-corrected chi connectivity index (χ1v) is 8.75. The highest BCUT2D eigenvalue weighted by Gasteiger charge is 2.24. The molecule has 0 aliphatic rings. The minimum absolute atomic E-state index is 0.0403. The number of hydrogen-bond acceptors (Lipinski definition) is 10. The summed E-state index contributed by atoms with van der Waals surface area (Å²) in [6.45, 7) is 0.607. The van der Waals surface area contributed by atoms with E-state index in [1.807, 2.05) is 19.0 Å². The quantitative estimate of drug-likeness (QED) is 0.392. The van der Waals surface area contributed by atoms with E-state index in [1.165, 1.54) is 26.4 Å². The number of nitrogen functional groups attached to an aromatic ring is 1. The lowest BCUT2D eigenvalue weighted by Crippen LogP contribution is -2.32. The van der Waals surface area contributed by atoms with Gasteiger partial charge in [-0.1, -0.05) is 0 Å². The van der Waals surface area contributed by atoms with E-state index >= 15 is 0 Å². The first-order chi connectivity index (χ1) is 14.3. The second-order valence-electron chi connectivity index (χ2n) is 6.29. The topological polar surface area (TPSA) is 151 Å². The summed E-state index contributed by atoms with van der Waals surface area (Å²) in [7, 11) is 6.56. The molecule has 0 bridgehead atoms. The van der Waals surface area contributed by atoms with Crippen LogP contribution in [0.4, 0.5) is 10.5 Å². The van der Waals surface area contributed by atoms with Crippen LogP contribution in [0.1, 0.15) is 21.7 Å². The number of nitrogens with one attached hydrogen (secondary N) is 1. The minimum atomic E-state index is -0.692. The average Bonchev–Trinajstić information content (AvgIpc) is 3.14. The number of amides is 1. The standard InChI is InChI=1S/C18H23N6O6/c1-23(2)6-5-20-18(27)30-10-24-21-13(9-25)16(22-24)17(26)11-7-14(28-3)15(29-4)8-12(11)19/h7-8H,5-6,10,19H2,1-4H3,(H,20,27). The maximum absolute atomic E-state index is 12.9. The molecule has 1 amide bonds. The number of alkyl carbamates (subject to hydrolysis) is 1. The van der Waals surface area contributed by atoms with Gasteiger partial charge < -0.3 is 30.2 Å². The monoisotopic (exact) mass is 419 g/mol. The van der Waals surface area contributed by atoms with Gasteiger partial charge in [0.15, 0.2) is 22.9 Å². The molecule has 1 aromatic carbocycles. The number of nitrogens with two attached hydrogens (primary N) is 1. The van der Waals surface area contributed by atoms with E-state index in [0.717, 1.165) is 4.80 Å². The van der Waals surface area contributed by atoms with E-state index < -0.39 is 18.6 Å². The van der Waals surface area contributed by atoms with Crippen LogP contribution in [0.25, 0.3) is 0 Å². The summed E-state index contributed by atoms with van der Waals surface area (Å²) < 4.78 is 15.3. The summed E-state index contributed by atoms with van der Waals surface area (Å²) in [4.78, 5) is 38.6. The van der Waals surface area contributed by atoms with Gasteiger partial charge >= 0.3 is 6.09 Å². The van der Waals surface area contributed by atoms with Gasteiger partial charge in [-0.3, -0.25) is 9.59 Å². The van der Waals surface area contributed by atoms with Crippen LogP contribution in [0.2, 0.25) is 0 Å². The lowest BCUT2D eigenvalue weighted by Gasteiger charge is -2.11. The fourth-order valence-corrected chi connectivity index (χ4v) is 2.40. The molecule has 12 nitrogen and oxygen atoms in total. The van der Waals surface area contributed by atoms with Gasteiger partial charge in [-0.2, -0.15) is 0 Å². The third kappa shape index (κ3) is 5.44. The first kappa shape index (κ1) is 22.6. The van der Waals surface area contributed by atoms with E-state index in [2.05, 4.69) is 15.5 Å². The van der Waals surface area contributed by atoms with Gasteiger partial charge in [0, 0.05) is 24.8 Å². The first-order valence-electron chi connectivity index (χ1n) is 8.75. The summed E-state index contributed by atoms with van der Waals surface area (Å²) in [5.41, 5.74) is 5.44. The third-order valence-corrected chi connectivity index (χ3v) is 3.91. The van der Waals surface area contributed by atoms with Crippen molar-refractivity contribution < 1.29 is 28.6 Å². The number of hydrogen-bond donors (Lipinski definition) is 2. The summed E-state index contributed by atoms with van der Waals surface area (Å²) >= 11 is 0. The zero-order valence-corrected chi connectivity index (χ0v) is 17.1. The molecule has 12 heteroatoms. The Bertz CT molecular complexity index is 926. The molecule has 30 heavy (non-hydrogen) atoms. The second kappa shape index (κ2) is 10.2. The lowest BCUT2D eigenvalue weighted by molar-refractivity contribution is 0.0984. The summed E-state index contributed by atoms with van der Waals surface area (Å²) in [5, 5.41) is 10.3. The van der Waals surface area contributed by atoms with Crippen LogP contribution in [0.5, 0.6) is 11.5 Å². The summed E-state index contributed by atoms with van der Waals surface area (Å²) in [6, 6.07) is 2.79. The normalized spacial score (nSPS) is 10.6. The van der Waals surface area contributed by atoms with Crippen molar-refractivity contribution in [2.45, 2.75) is 6.73 Å². The van der Waals surface area contributed by atoms with E-state index in [0.29, 0.717) is 18.8 Å². The fraction of sp³-hybridized carbons (Fsp3) is 0.389. The minimum Gasteiger partial charge on any atom is -0.493 e. The number of methoxy groups -OCH3 is 2. The number of carbonyl (C=O) groups is 2. The molecule has 0 spiro atoms. The van der Waals surface area contributed by atoms with Gasteiger partial charge in [-0.25, -0.2) is 4.79 Å². The van der Waals surface area contributed by atoms with Crippen LogP contribution < -0.4 is 20.5 Å². The number of nitrogens with zero attached hydrogens (tertiary/aromatic N) is 4. The molecule has 1 aromatic heterocycles. The van der Waals surface area contributed by atoms with Crippen molar-refractivity contribution in [1.82, 2.24) is 25.2 Å². The Morgan fingerprint density at radius 2 is 1.87 bits per heavy atom. The molecule has 2 aromatic rings. The number of ketones is 1. The van der Waals surface area contributed by atoms with E-state index in [9.17, 15) is 14.4 Å². The number of rotatable bonds is 10. The predicted octanol–water partition coefficient (Wildman–Crippen LogP) is -0.188. The number of aromatic nitrogens is 3. The van der Waals surface area contributed by atoms with Crippen molar-refractivity contribution >= 4 is 23.9 Å². The molecule has 0 aliphatic heterocycles. The Morgan fingerprint density at radius 1 is 1.20 bits per heavy atom. The number of ether oxygens (including phenoxy) is 3. The number of benzene rings is 1. The van der Waals surface area contributed by atoms with Crippen LogP contribution in [0.15, 0.2) is 12.1 Å². The molecular weight excluding hydrogens is 396 g/mol. The predicted molar refractivity (Wildman–Crippen MR) is 105 cm³/mol. The van der Waals surface area contributed by atoms with Crippen LogP contribution in [0.3, 0.4) is 0 Å². The van der Waals surface area contributed by atoms with Crippen LogP contribution in [-0.2, 0) is 16.3 Å². The molecule has 0 atom stereocenters.